The number of carbonyl (C=O) groups excluding carboxylic acids is 1. The molecule has 1 atom stereocenters. The first-order chi connectivity index (χ1) is 29.7. The van der Waals surface area contributed by atoms with Crippen LogP contribution in [0.25, 0.3) is 22.5 Å². The van der Waals surface area contributed by atoms with Crippen molar-refractivity contribution >= 4 is 37.5 Å². The highest BCUT2D eigenvalue weighted by Gasteiger charge is 2.39. The third kappa shape index (κ3) is 8.93. The number of hydrogen-bond donors (Lipinski definition) is 4. The second-order valence-electron chi connectivity index (χ2n) is 14.0. The van der Waals surface area contributed by atoms with Gasteiger partial charge < -0.3 is 35.1 Å². The Bertz CT molecular complexity index is 2790. The number of amides is 2. The summed E-state index contributed by atoms with van der Waals surface area (Å²) in [6.07, 6.45) is -3.02. The lowest BCUT2D eigenvalue weighted by Gasteiger charge is -2.27. The van der Waals surface area contributed by atoms with Crippen LogP contribution in [-0.4, -0.2) is 97.2 Å². The Morgan fingerprint density at radius 1 is 0.790 bits per heavy atom. The summed E-state index contributed by atoms with van der Waals surface area (Å²) in [5, 5.41) is 37.3. The van der Waals surface area contributed by atoms with E-state index in [2.05, 4.69) is 20.8 Å². The number of methoxy groups -OCH3 is 3. The number of nitrogens with one attached hydrogen (secondary N) is 2. The first-order valence-electron chi connectivity index (χ1n) is 18.9. The van der Waals surface area contributed by atoms with Crippen molar-refractivity contribution in [2.75, 3.05) is 38.9 Å². The van der Waals surface area contributed by atoms with Gasteiger partial charge in [0, 0.05) is 30.8 Å². The van der Waals surface area contributed by atoms with Gasteiger partial charge in [0.05, 0.1) is 49.8 Å². The molecule has 2 heterocycles. The molecule has 7 rings (SSSR count). The molecule has 1 unspecified atom stereocenters. The molecule has 1 aliphatic heterocycles. The number of aliphatic hydroxyl groups excluding tert-OH is 1. The lowest BCUT2D eigenvalue weighted by atomic mass is 9.95. The molecule has 62 heavy (non-hydrogen) atoms. The summed E-state index contributed by atoms with van der Waals surface area (Å²) in [5.41, 5.74) is 2.18. The van der Waals surface area contributed by atoms with Crippen LogP contribution in [0.2, 0.25) is 0 Å². The lowest BCUT2D eigenvalue weighted by molar-refractivity contribution is -0.123. The highest BCUT2D eigenvalue weighted by atomic mass is 32.2. The van der Waals surface area contributed by atoms with Crippen LogP contribution in [0.5, 0.6) is 17.2 Å². The van der Waals surface area contributed by atoms with Crippen molar-refractivity contribution in [3.05, 3.63) is 125 Å². The van der Waals surface area contributed by atoms with Crippen molar-refractivity contribution < 1.29 is 50.8 Å². The number of aromatic nitrogens is 4. The largest absolute Gasteiger partial charge is 0.497 e. The van der Waals surface area contributed by atoms with Crippen LogP contribution in [0.15, 0.2) is 113 Å². The van der Waals surface area contributed by atoms with Gasteiger partial charge in [-0.3, -0.25) is 4.79 Å². The maximum Gasteiger partial charge on any atom is 0.404 e. The van der Waals surface area contributed by atoms with Crippen LogP contribution in [0.4, 0.5) is 10.5 Å². The van der Waals surface area contributed by atoms with E-state index < -0.39 is 60.1 Å². The molecule has 4 N–H and O–H groups in total. The molecule has 0 saturated heterocycles. The Labute approximate surface area is 356 Å². The second-order valence-corrected chi connectivity index (χ2v) is 18.0. The molecule has 6 aromatic rings. The smallest absolute Gasteiger partial charge is 0.404 e. The van der Waals surface area contributed by atoms with E-state index in [1.807, 2.05) is 5.32 Å². The van der Waals surface area contributed by atoms with Gasteiger partial charge in [-0.2, -0.15) is 4.31 Å². The fraction of sp³-hybridized carbons (Fsp3) is 0.214. The number of nitrogens with zero attached hydrogens (tertiary/aromatic N) is 5. The van der Waals surface area contributed by atoms with Gasteiger partial charge in [0.25, 0.3) is 5.91 Å². The van der Waals surface area contributed by atoms with E-state index in [-0.39, 0.29) is 53.4 Å². The Balaban J connectivity index is 1.53. The van der Waals surface area contributed by atoms with Crippen LogP contribution < -0.4 is 24.8 Å². The Hall–Kier alpha value is -6.87. The normalized spacial score (nSPS) is 13.7. The molecule has 0 fully saturated rings. The number of sulfonamides is 1. The summed E-state index contributed by atoms with van der Waals surface area (Å²) < 4.78 is 79.3. The topological polar surface area (TPSA) is 241 Å². The fourth-order valence-electron chi connectivity index (χ4n) is 7.03. The zero-order valence-corrected chi connectivity index (χ0v) is 35.2. The third-order valence-corrected chi connectivity index (χ3v) is 13.9. The van der Waals surface area contributed by atoms with Gasteiger partial charge in [-0.15, -0.1) is 5.10 Å². The van der Waals surface area contributed by atoms with Crippen LogP contribution in [0.1, 0.15) is 28.4 Å². The molecule has 0 saturated carbocycles. The molecular weight excluding hydrogens is 843 g/mol. The monoisotopic (exact) mass is 883 g/mol. The highest BCUT2D eigenvalue weighted by Crippen LogP contribution is 2.46. The summed E-state index contributed by atoms with van der Waals surface area (Å²) in [5.74, 6) is -0.0847. The van der Waals surface area contributed by atoms with Crippen LogP contribution in [0, 0.1) is 0 Å². The summed E-state index contributed by atoms with van der Waals surface area (Å²) in [4.78, 5) is 22.9. The zero-order chi connectivity index (χ0) is 44.2. The predicted octanol–water partition coefficient (Wildman–Crippen LogP) is 4.50. The summed E-state index contributed by atoms with van der Waals surface area (Å²) in [7, 11) is -5.16. The van der Waals surface area contributed by atoms with E-state index in [9.17, 15) is 28.2 Å². The SMILES string of the molecule is COc1ccc(CN(Cc2ccc(OC)cc2)S(=O)(=O)c2c(S(=O)(=O)CCNC(=O)O)ccc(-c3cccc4c3NC(=O)C4O)c2-c2nnnn2Cc2ccc(OC)cc2)cc1. The molecule has 0 aliphatic carbocycles. The molecule has 5 aromatic carbocycles. The quantitative estimate of drug-likeness (QED) is 0.0987. The molecule has 322 valence electrons. The van der Waals surface area contributed by atoms with Gasteiger partial charge in [-0.05, 0) is 75.1 Å². The van der Waals surface area contributed by atoms with Gasteiger partial charge >= 0.3 is 6.09 Å². The number of carboxylic acid groups (broad SMARTS) is 1. The lowest BCUT2D eigenvalue weighted by Crippen LogP contribution is -2.33. The number of sulfone groups is 1. The van der Waals surface area contributed by atoms with E-state index in [0.717, 1.165) is 10.4 Å². The van der Waals surface area contributed by atoms with E-state index in [4.69, 9.17) is 14.2 Å². The molecule has 18 nitrogen and oxygen atoms in total. The summed E-state index contributed by atoms with van der Waals surface area (Å²) >= 11 is 0. The number of aliphatic hydroxyl groups is 1. The van der Waals surface area contributed by atoms with E-state index >= 15 is 8.42 Å². The molecule has 1 aliphatic rings. The number of benzene rings is 5. The second kappa shape index (κ2) is 18.0. The van der Waals surface area contributed by atoms with Crippen molar-refractivity contribution in [3.63, 3.8) is 0 Å². The van der Waals surface area contributed by atoms with Gasteiger partial charge in [-0.1, -0.05) is 60.7 Å². The molecule has 20 heteroatoms. The van der Waals surface area contributed by atoms with Gasteiger partial charge in [0.1, 0.15) is 22.1 Å². The number of anilines is 1. The maximum atomic E-state index is 15.9. The number of fused-ring (bicyclic) bond motifs is 1. The Morgan fingerprint density at radius 2 is 1.35 bits per heavy atom. The minimum atomic E-state index is -5.01. The van der Waals surface area contributed by atoms with E-state index in [1.165, 1.54) is 38.1 Å². The number of tetrazole rings is 1. The average Bonchev–Trinajstić information content (AvgIpc) is 3.85. The molecule has 1 aromatic heterocycles. The van der Waals surface area contributed by atoms with Crippen molar-refractivity contribution in [2.45, 2.75) is 35.5 Å². The average molecular weight is 884 g/mol. The van der Waals surface area contributed by atoms with Crippen molar-refractivity contribution in [1.82, 2.24) is 29.8 Å². The maximum absolute atomic E-state index is 15.9. The molecular formula is C42H41N7O11S2. The molecule has 0 radical (unpaired) electrons. The summed E-state index contributed by atoms with van der Waals surface area (Å²) in [6.45, 7) is -1.11. The van der Waals surface area contributed by atoms with E-state index in [0.29, 0.717) is 33.9 Å². The molecule has 2 amide bonds. The highest BCUT2D eigenvalue weighted by molar-refractivity contribution is 7.93. The first kappa shape index (κ1) is 43.2. The minimum Gasteiger partial charge on any atom is -0.497 e. The predicted molar refractivity (Wildman–Crippen MR) is 225 cm³/mol. The Kier molecular flexibility index (Phi) is 12.6. The van der Waals surface area contributed by atoms with Crippen LogP contribution >= 0.6 is 0 Å². The van der Waals surface area contributed by atoms with Crippen molar-refractivity contribution in [1.29, 1.82) is 0 Å². The fourth-order valence-corrected chi connectivity index (χ4v) is 10.7. The number of rotatable bonds is 17. The van der Waals surface area contributed by atoms with E-state index in [1.54, 1.807) is 84.9 Å². The van der Waals surface area contributed by atoms with Gasteiger partial charge in [0.15, 0.2) is 21.8 Å². The van der Waals surface area contributed by atoms with Crippen molar-refractivity contribution in [2.24, 2.45) is 0 Å². The molecule has 0 spiro atoms. The zero-order valence-electron chi connectivity index (χ0n) is 33.5. The van der Waals surface area contributed by atoms with Gasteiger partial charge in [-0.25, -0.2) is 26.3 Å². The number of carbonyl (C=O) groups is 2. The van der Waals surface area contributed by atoms with Crippen molar-refractivity contribution in [3.8, 4) is 39.8 Å². The first-order valence-corrected chi connectivity index (χ1v) is 22.0. The van der Waals surface area contributed by atoms with Crippen LogP contribution in [-0.2, 0) is 44.3 Å². The van der Waals surface area contributed by atoms with Crippen LogP contribution in [0.3, 0.4) is 0 Å². The Morgan fingerprint density at radius 3 is 1.90 bits per heavy atom. The third-order valence-electron chi connectivity index (χ3n) is 10.2. The van der Waals surface area contributed by atoms with Gasteiger partial charge in [0.2, 0.25) is 10.0 Å². The number of para-hydroxylation sites is 1. The minimum absolute atomic E-state index is 0.0193. The number of hydrogen-bond acceptors (Lipinski definition) is 13. The molecule has 0 bridgehead atoms. The number of ether oxygens (including phenoxy) is 3. The standard InChI is InChI=1S/C42H41N7O11S2/c1-58-29-13-7-26(8-14-29)23-48(24-27-9-15-30(59-2)16-10-27)62(56,57)39-35(61(54,55)22-21-43-42(52)53)20-19-32(33-5-4-6-34-37(33)44-41(51)38(34)50)36(39)40-45-46-47-49(40)25-28-11-17-31(60-3)18-12-28/h4-20,38,43,50H,21-25H2,1-3H3,(H,44,51)(H,52,53). The summed E-state index contributed by atoms with van der Waals surface area (Å²) in [6, 6.07) is 27.5.